The van der Waals surface area contributed by atoms with Crippen LogP contribution in [0.3, 0.4) is 0 Å². The SMILES string of the molecule is CCCC(N)(C(=O)O)N(C)C.CCCCCCCCCCCCCCCC(=O)O.C[N+](C)(C)CC(=O)O. The van der Waals surface area contributed by atoms with Crippen LogP contribution < -0.4 is 5.73 Å². The molecule has 0 bridgehead atoms. The van der Waals surface area contributed by atoms with E-state index in [0.717, 1.165) is 19.3 Å². The van der Waals surface area contributed by atoms with E-state index >= 15 is 0 Å². The first kappa shape index (κ1) is 39.8. The van der Waals surface area contributed by atoms with Gasteiger partial charge in [-0.05, 0) is 26.9 Å². The lowest BCUT2D eigenvalue weighted by Gasteiger charge is -2.31. The second-order valence-corrected chi connectivity index (χ2v) is 11.1. The fraction of sp³-hybridized carbons (Fsp3) is 0.893. The van der Waals surface area contributed by atoms with E-state index in [-0.39, 0.29) is 6.54 Å². The molecule has 0 aliphatic carbocycles. The van der Waals surface area contributed by atoms with Crippen LogP contribution in [0, 0.1) is 0 Å². The third-order valence-electron chi connectivity index (χ3n) is 5.90. The molecule has 0 saturated heterocycles. The van der Waals surface area contributed by atoms with Gasteiger partial charge in [-0.15, -0.1) is 0 Å². The Hall–Kier alpha value is -1.71. The summed E-state index contributed by atoms with van der Waals surface area (Å²) in [5.41, 5.74) is 4.42. The van der Waals surface area contributed by atoms with Gasteiger partial charge >= 0.3 is 17.9 Å². The third kappa shape index (κ3) is 30.4. The molecule has 1 unspecified atom stereocenters. The number of likely N-dealkylation sites (N-methyl/N-ethyl adjacent to an activating group) is 2. The van der Waals surface area contributed by atoms with Gasteiger partial charge in [0.15, 0.2) is 12.2 Å². The van der Waals surface area contributed by atoms with Gasteiger partial charge in [-0.3, -0.25) is 9.69 Å². The molecule has 0 aromatic carbocycles. The van der Waals surface area contributed by atoms with E-state index < -0.39 is 23.6 Å². The Morgan fingerprint density at radius 3 is 1.24 bits per heavy atom. The molecule has 0 amide bonds. The van der Waals surface area contributed by atoms with E-state index in [1.807, 2.05) is 28.1 Å². The van der Waals surface area contributed by atoms with Gasteiger partial charge in [0.1, 0.15) is 0 Å². The Labute approximate surface area is 227 Å². The molecule has 0 aliphatic heterocycles. The lowest BCUT2D eigenvalue weighted by atomic mass is 10.0. The molecule has 222 valence electrons. The fourth-order valence-electron chi connectivity index (χ4n) is 3.60. The molecule has 0 heterocycles. The van der Waals surface area contributed by atoms with Crippen LogP contribution in [0.1, 0.15) is 117 Å². The summed E-state index contributed by atoms with van der Waals surface area (Å²) in [5, 5.41) is 25.5. The van der Waals surface area contributed by atoms with E-state index in [9.17, 15) is 14.4 Å². The van der Waals surface area contributed by atoms with Gasteiger partial charge in [-0.2, -0.15) is 0 Å². The lowest BCUT2D eigenvalue weighted by Crippen LogP contribution is -2.58. The van der Waals surface area contributed by atoms with Gasteiger partial charge in [0.05, 0.1) is 21.1 Å². The predicted molar refractivity (Wildman–Crippen MR) is 152 cm³/mol. The van der Waals surface area contributed by atoms with Crippen molar-refractivity contribution < 1.29 is 34.2 Å². The Kier molecular flexibility index (Phi) is 26.5. The maximum atomic E-state index is 10.7. The first-order valence-electron chi connectivity index (χ1n) is 14.1. The maximum Gasteiger partial charge on any atom is 0.359 e. The second kappa shape index (κ2) is 24.6. The van der Waals surface area contributed by atoms with Crippen LogP contribution in [0.2, 0.25) is 0 Å². The van der Waals surface area contributed by atoms with Crippen molar-refractivity contribution in [3.8, 4) is 0 Å². The fourth-order valence-corrected chi connectivity index (χ4v) is 3.60. The van der Waals surface area contributed by atoms with E-state index in [2.05, 4.69) is 6.92 Å². The van der Waals surface area contributed by atoms with Gasteiger partial charge in [0, 0.05) is 6.42 Å². The van der Waals surface area contributed by atoms with Crippen molar-refractivity contribution in [3.05, 3.63) is 0 Å². The van der Waals surface area contributed by atoms with Crippen molar-refractivity contribution >= 4 is 17.9 Å². The zero-order chi connectivity index (χ0) is 29.3. The molecule has 0 radical (unpaired) electrons. The molecule has 0 fully saturated rings. The summed E-state index contributed by atoms with van der Waals surface area (Å²) in [6.45, 7) is 4.35. The average molecular weight is 535 g/mol. The number of carboxylic acids is 3. The van der Waals surface area contributed by atoms with E-state index in [0.29, 0.717) is 17.3 Å². The van der Waals surface area contributed by atoms with Crippen molar-refractivity contribution in [1.29, 1.82) is 0 Å². The topological polar surface area (TPSA) is 141 Å². The number of nitrogens with two attached hydrogens (primary N) is 1. The van der Waals surface area contributed by atoms with Gasteiger partial charge in [-0.1, -0.05) is 97.3 Å². The van der Waals surface area contributed by atoms with E-state index in [4.69, 9.17) is 21.1 Å². The van der Waals surface area contributed by atoms with Crippen molar-refractivity contribution in [3.63, 3.8) is 0 Å². The number of rotatable bonds is 20. The zero-order valence-electron chi connectivity index (χ0n) is 25.1. The van der Waals surface area contributed by atoms with Crippen LogP contribution in [0.25, 0.3) is 0 Å². The minimum Gasteiger partial charge on any atom is -0.481 e. The Balaban J connectivity index is -0.000000517. The molecule has 9 nitrogen and oxygen atoms in total. The van der Waals surface area contributed by atoms with Crippen molar-refractivity contribution in [1.82, 2.24) is 4.90 Å². The summed E-state index contributed by atoms with van der Waals surface area (Å²) < 4.78 is 0.481. The Morgan fingerprint density at radius 2 is 1.05 bits per heavy atom. The summed E-state index contributed by atoms with van der Waals surface area (Å²) in [5.74, 6) is -2.38. The normalized spacial score (nSPS) is 12.6. The monoisotopic (exact) mass is 534 g/mol. The molecule has 5 N–H and O–H groups in total. The number of aliphatic carboxylic acids is 3. The van der Waals surface area contributed by atoms with Gasteiger partial charge in [-0.25, -0.2) is 9.59 Å². The molecule has 0 saturated carbocycles. The highest BCUT2D eigenvalue weighted by Crippen LogP contribution is 2.13. The molecule has 0 aromatic rings. The molecule has 37 heavy (non-hydrogen) atoms. The largest absolute Gasteiger partial charge is 0.481 e. The number of hydrogen-bond acceptors (Lipinski definition) is 5. The van der Waals surface area contributed by atoms with Crippen molar-refractivity contribution in [2.45, 2.75) is 122 Å². The number of unbranched alkanes of at least 4 members (excludes halogenated alkanes) is 12. The van der Waals surface area contributed by atoms with Crippen LogP contribution >= 0.6 is 0 Å². The molecule has 0 aliphatic rings. The van der Waals surface area contributed by atoms with Crippen LogP contribution in [-0.4, -0.2) is 90.1 Å². The summed E-state index contributed by atoms with van der Waals surface area (Å²) in [4.78, 5) is 32.5. The lowest BCUT2D eigenvalue weighted by molar-refractivity contribution is -0.862. The minimum absolute atomic E-state index is 0.181. The maximum absolute atomic E-state index is 10.7. The number of carbonyl (C=O) groups is 3. The first-order valence-corrected chi connectivity index (χ1v) is 14.1. The molecular formula is C28H60N3O6+. The number of nitrogens with zero attached hydrogens (tertiary/aromatic N) is 2. The van der Waals surface area contributed by atoms with Crippen molar-refractivity contribution in [2.75, 3.05) is 41.8 Å². The van der Waals surface area contributed by atoms with Gasteiger partial charge < -0.3 is 25.5 Å². The number of carboxylic acid groups (broad SMARTS) is 3. The van der Waals surface area contributed by atoms with Crippen LogP contribution in [0.5, 0.6) is 0 Å². The van der Waals surface area contributed by atoms with Crippen LogP contribution in [-0.2, 0) is 14.4 Å². The zero-order valence-corrected chi connectivity index (χ0v) is 25.1. The highest BCUT2D eigenvalue weighted by atomic mass is 16.4. The summed E-state index contributed by atoms with van der Waals surface area (Å²) in [6.07, 6.45) is 18.5. The number of quaternary nitrogens is 1. The standard InChI is InChI=1S/C16H32O2.C7H16N2O2.C5H11NO2/c1-2-3-4-5-6-7-8-9-10-11-12-13-14-15-16(17)18;1-4-5-7(8,6(10)11)9(2)3;1-6(2,3)4-5(7)8/h2-15H2,1H3,(H,17,18);4-5,8H2,1-3H3,(H,10,11);4H2,1-3H3/p+1. The number of hydrogen-bond donors (Lipinski definition) is 4. The van der Waals surface area contributed by atoms with Crippen LogP contribution in [0.15, 0.2) is 0 Å². The molecule has 0 rings (SSSR count). The average Bonchev–Trinajstić information content (AvgIpc) is 2.75. The quantitative estimate of drug-likeness (QED) is 0.0922. The molecule has 0 spiro atoms. The smallest absolute Gasteiger partial charge is 0.359 e. The highest BCUT2D eigenvalue weighted by Gasteiger charge is 2.35. The van der Waals surface area contributed by atoms with E-state index in [1.165, 1.54) is 75.5 Å². The summed E-state index contributed by atoms with van der Waals surface area (Å²) in [6, 6.07) is 0. The summed E-state index contributed by atoms with van der Waals surface area (Å²) >= 11 is 0. The molecule has 9 heteroatoms. The van der Waals surface area contributed by atoms with Crippen LogP contribution in [0.4, 0.5) is 0 Å². The highest BCUT2D eigenvalue weighted by molar-refractivity contribution is 5.77. The third-order valence-corrected chi connectivity index (χ3v) is 5.90. The molecule has 0 aromatic heterocycles. The molecular weight excluding hydrogens is 474 g/mol. The summed E-state index contributed by atoms with van der Waals surface area (Å²) in [7, 11) is 8.86. The Morgan fingerprint density at radius 1 is 0.676 bits per heavy atom. The van der Waals surface area contributed by atoms with Crippen molar-refractivity contribution in [2.24, 2.45) is 5.73 Å². The first-order chi connectivity index (χ1) is 17.1. The molecule has 1 atom stereocenters. The second-order valence-electron chi connectivity index (χ2n) is 11.1. The predicted octanol–water partition coefficient (Wildman–Crippen LogP) is 5.42. The minimum atomic E-state index is -1.20. The van der Waals surface area contributed by atoms with E-state index in [1.54, 1.807) is 14.1 Å². The van der Waals surface area contributed by atoms with Gasteiger partial charge in [0.25, 0.3) is 0 Å². The Bertz CT molecular complexity index is 579. The van der Waals surface area contributed by atoms with Gasteiger partial charge in [0.2, 0.25) is 0 Å².